The van der Waals surface area contributed by atoms with Gasteiger partial charge in [0.05, 0.1) is 11.8 Å². The average Bonchev–Trinajstić information content (AvgIpc) is 2.52. The van der Waals surface area contributed by atoms with Crippen molar-refractivity contribution < 1.29 is 4.79 Å². The molecule has 1 unspecified atom stereocenters. The molecule has 1 aliphatic rings. The summed E-state index contributed by atoms with van der Waals surface area (Å²) in [6, 6.07) is 8.32. The first-order valence-electron chi connectivity index (χ1n) is 7.39. The van der Waals surface area contributed by atoms with Gasteiger partial charge in [-0.2, -0.15) is 15.0 Å². The molecule has 1 heterocycles. The molecule has 0 saturated carbocycles. The van der Waals surface area contributed by atoms with Gasteiger partial charge in [0.15, 0.2) is 5.16 Å². The SMILES string of the molecule is Nc1nc(N)nc(SCC(=O)NC2CCCc3ccccc32)n1. The molecule has 0 bridgehead atoms. The zero-order chi connectivity index (χ0) is 16.2. The number of nitrogens with one attached hydrogen (secondary N) is 1. The van der Waals surface area contributed by atoms with Crippen LogP contribution < -0.4 is 16.8 Å². The molecule has 8 heteroatoms. The highest BCUT2D eigenvalue weighted by Gasteiger charge is 2.21. The summed E-state index contributed by atoms with van der Waals surface area (Å²) in [6.45, 7) is 0. The van der Waals surface area contributed by atoms with E-state index in [-0.39, 0.29) is 29.6 Å². The smallest absolute Gasteiger partial charge is 0.230 e. The van der Waals surface area contributed by atoms with Gasteiger partial charge in [0.25, 0.3) is 0 Å². The van der Waals surface area contributed by atoms with Crippen LogP contribution in [0.25, 0.3) is 0 Å². The topological polar surface area (TPSA) is 120 Å². The lowest BCUT2D eigenvalue weighted by atomic mass is 9.88. The van der Waals surface area contributed by atoms with Crippen molar-refractivity contribution in [1.82, 2.24) is 20.3 Å². The summed E-state index contributed by atoms with van der Waals surface area (Å²) in [5, 5.41) is 3.44. The van der Waals surface area contributed by atoms with E-state index in [9.17, 15) is 4.79 Å². The maximum absolute atomic E-state index is 12.2. The van der Waals surface area contributed by atoms with E-state index in [0.29, 0.717) is 5.16 Å². The molecule has 0 radical (unpaired) electrons. The highest BCUT2D eigenvalue weighted by atomic mass is 32.2. The zero-order valence-electron chi connectivity index (χ0n) is 12.5. The van der Waals surface area contributed by atoms with Gasteiger partial charge in [0, 0.05) is 0 Å². The van der Waals surface area contributed by atoms with Crippen LogP contribution in [0.1, 0.15) is 30.0 Å². The number of nitrogens with two attached hydrogens (primary N) is 2. The minimum absolute atomic E-state index is 0.0571. The first-order valence-corrected chi connectivity index (χ1v) is 8.37. The third kappa shape index (κ3) is 3.89. The molecular weight excluding hydrogens is 312 g/mol. The van der Waals surface area contributed by atoms with E-state index in [1.165, 1.54) is 22.9 Å². The maximum Gasteiger partial charge on any atom is 0.230 e. The fourth-order valence-corrected chi connectivity index (χ4v) is 3.38. The summed E-state index contributed by atoms with van der Waals surface area (Å²) in [7, 11) is 0. The summed E-state index contributed by atoms with van der Waals surface area (Å²) in [5.41, 5.74) is 13.6. The van der Waals surface area contributed by atoms with Crippen molar-refractivity contribution in [1.29, 1.82) is 0 Å². The maximum atomic E-state index is 12.2. The highest BCUT2D eigenvalue weighted by molar-refractivity contribution is 7.99. The molecule has 0 fully saturated rings. The van der Waals surface area contributed by atoms with E-state index >= 15 is 0 Å². The standard InChI is InChI=1S/C15H18N6OS/c16-13-19-14(17)21-15(20-13)23-8-12(22)18-11-7-3-5-9-4-1-2-6-10(9)11/h1-2,4,6,11H,3,5,7-8H2,(H,18,22)(H4,16,17,19,20,21). The van der Waals surface area contributed by atoms with Crippen LogP contribution >= 0.6 is 11.8 Å². The van der Waals surface area contributed by atoms with Crippen molar-refractivity contribution in [2.24, 2.45) is 0 Å². The predicted molar refractivity (Wildman–Crippen MR) is 89.6 cm³/mol. The lowest BCUT2D eigenvalue weighted by molar-refractivity contribution is -0.119. The second-order valence-electron chi connectivity index (χ2n) is 5.33. The quantitative estimate of drug-likeness (QED) is 0.723. The van der Waals surface area contributed by atoms with E-state index in [2.05, 4.69) is 32.4 Å². The monoisotopic (exact) mass is 330 g/mol. The van der Waals surface area contributed by atoms with E-state index in [0.717, 1.165) is 19.3 Å². The molecule has 120 valence electrons. The largest absolute Gasteiger partial charge is 0.368 e. The number of nitrogen functional groups attached to an aromatic ring is 2. The molecule has 0 aliphatic heterocycles. The number of hydrogen-bond acceptors (Lipinski definition) is 7. The first-order chi connectivity index (χ1) is 11.1. The second-order valence-corrected chi connectivity index (χ2v) is 6.28. The molecule has 0 saturated heterocycles. The lowest BCUT2D eigenvalue weighted by Gasteiger charge is -2.26. The second kappa shape index (κ2) is 6.82. The third-order valence-corrected chi connectivity index (χ3v) is 4.53. The van der Waals surface area contributed by atoms with Gasteiger partial charge in [0.1, 0.15) is 0 Å². The van der Waals surface area contributed by atoms with Gasteiger partial charge in [-0.3, -0.25) is 4.79 Å². The van der Waals surface area contributed by atoms with Crippen LogP contribution in [0.5, 0.6) is 0 Å². The molecule has 3 rings (SSSR count). The molecule has 1 aromatic heterocycles. The molecule has 23 heavy (non-hydrogen) atoms. The number of benzene rings is 1. The van der Waals surface area contributed by atoms with Gasteiger partial charge < -0.3 is 16.8 Å². The summed E-state index contributed by atoms with van der Waals surface area (Å²) in [6.07, 6.45) is 3.11. The number of fused-ring (bicyclic) bond motifs is 1. The van der Waals surface area contributed by atoms with E-state index in [1.807, 2.05) is 12.1 Å². The Morgan fingerprint density at radius 3 is 2.74 bits per heavy atom. The van der Waals surface area contributed by atoms with Crippen LogP contribution in [0.2, 0.25) is 0 Å². The third-order valence-electron chi connectivity index (χ3n) is 3.69. The molecule has 1 aliphatic carbocycles. The minimum Gasteiger partial charge on any atom is -0.368 e. The van der Waals surface area contributed by atoms with Crippen molar-refractivity contribution in [3.05, 3.63) is 35.4 Å². The van der Waals surface area contributed by atoms with Crippen LogP contribution in [-0.4, -0.2) is 26.6 Å². The lowest BCUT2D eigenvalue weighted by Crippen LogP contribution is -2.32. The zero-order valence-corrected chi connectivity index (χ0v) is 13.3. The van der Waals surface area contributed by atoms with E-state index in [1.54, 1.807) is 0 Å². The Bertz CT molecular complexity index is 703. The molecule has 1 atom stereocenters. The van der Waals surface area contributed by atoms with Crippen molar-refractivity contribution in [3.63, 3.8) is 0 Å². The Labute approximate surface area is 138 Å². The summed E-state index contributed by atoms with van der Waals surface area (Å²) in [5.74, 6) is 0.263. The Morgan fingerprint density at radius 1 is 1.22 bits per heavy atom. The number of aryl methyl sites for hydroxylation is 1. The fourth-order valence-electron chi connectivity index (χ4n) is 2.72. The number of carbonyl (C=O) groups is 1. The number of aromatic nitrogens is 3. The number of rotatable bonds is 4. The number of amides is 1. The van der Waals surface area contributed by atoms with Gasteiger partial charge in [-0.15, -0.1) is 0 Å². The Kier molecular flexibility index (Phi) is 4.61. The normalized spacial score (nSPS) is 16.6. The van der Waals surface area contributed by atoms with Gasteiger partial charge in [-0.25, -0.2) is 0 Å². The van der Waals surface area contributed by atoms with Crippen molar-refractivity contribution in [3.8, 4) is 0 Å². The Hall–Kier alpha value is -2.35. The van der Waals surface area contributed by atoms with Crippen molar-refractivity contribution in [2.45, 2.75) is 30.5 Å². The molecule has 7 nitrogen and oxygen atoms in total. The Morgan fingerprint density at radius 2 is 1.96 bits per heavy atom. The summed E-state index contributed by atoms with van der Waals surface area (Å²) in [4.78, 5) is 23.8. The minimum atomic E-state index is -0.0609. The van der Waals surface area contributed by atoms with Gasteiger partial charge >= 0.3 is 0 Å². The molecular formula is C15H18N6OS. The van der Waals surface area contributed by atoms with Crippen LogP contribution in [0, 0.1) is 0 Å². The predicted octanol–water partition coefficient (Wildman–Crippen LogP) is 1.32. The fraction of sp³-hybridized carbons (Fsp3) is 0.333. The number of carbonyl (C=O) groups excluding carboxylic acids is 1. The number of hydrogen-bond donors (Lipinski definition) is 3. The number of thioether (sulfide) groups is 1. The molecule has 0 spiro atoms. The van der Waals surface area contributed by atoms with Crippen LogP contribution in [0.15, 0.2) is 29.4 Å². The number of nitrogens with zero attached hydrogens (tertiary/aromatic N) is 3. The van der Waals surface area contributed by atoms with Crippen molar-refractivity contribution >= 4 is 29.6 Å². The van der Waals surface area contributed by atoms with Gasteiger partial charge in [-0.05, 0) is 30.4 Å². The highest BCUT2D eigenvalue weighted by Crippen LogP contribution is 2.29. The molecule has 5 N–H and O–H groups in total. The van der Waals surface area contributed by atoms with E-state index < -0.39 is 0 Å². The van der Waals surface area contributed by atoms with Crippen LogP contribution in [0.3, 0.4) is 0 Å². The first kappa shape index (κ1) is 15.5. The summed E-state index contributed by atoms with van der Waals surface area (Å²) < 4.78 is 0. The van der Waals surface area contributed by atoms with Crippen LogP contribution in [-0.2, 0) is 11.2 Å². The van der Waals surface area contributed by atoms with Gasteiger partial charge in [-0.1, -0.05) is 36.0 Å². The van der Waals surface area contributed by atoms with Crippen molar-refractivity contribution in [2.75, 3.05) is 17.2 Å². The summed E-state index contributed by atoms with van der Waals surface area (Å²) >= 11 is 1.19. The number of anilines is 2. The van der Waals surface area contributed by atoms with Crippen LogP contribution in [0.4, 0.5) is 11.9 Å². The molecule has 2 aromatic rings. The average molecular weight is 330 g/mol. The molecule has 1 aromatic carbocycles. The van der Waals surface area contributed by atoms with E-state index in [4.69, 9.17) is 11.5 Å². The van der Waals surface area contributed by atoms with Gasteiger partial charge in [0.2, 0.25) is 17.8 Å². The Balaban J connectivity index is 1.60. The molecule has 1 amide bonds.